The van der Waals surface area contributed by atoms with Crippen molar-refractivity contribution in [3.05, 3.63) is 17.0 Å². The predicted molar refractivity (Wildman–Crippen MR) is 98.0 cm³/mol. The van der Waals surface area contributed by atoms with Crippen LogP contribution >= 0.6 is 11.6 Å². The number of pyridine rings is 1. The van der Waals surface area contributed by atoms with Crippen molar-refractivity contribution in [1.29, 1.82) is 0 Å². The highest BCUT2D eigenvalue weighted by Gasteiger charge is 2.30. The van der Waals surface area contributed by atoms with Crippen LogP contribution in [0.5, 0.6) is 0 Å². The van der Waals surface area contributed by atoms with Crippen molar-refractivity contribution in [2.75, 3.05) is 30.4 Å². The molecule has 1 N–H and O–H groups in total. The number of anilines is 2. The van der Waals surface area contributed by atoms with E-state index in [2.05, 4.69) is 36.1 Å². The Kier molecular flexibility index (Phi) is 5.79. The van der Waals surface area contributed by atoms with E-state index in [0.717, 1.165) is 13.1 Å². The van der Waals surface area contributed by atoms with Crippen molar-refractivity contribution in [2.24, 2.45) is 0 Å². The number of halogens is 2. The second-order valence-corrected chi connectivity index (χ2v) is 7.96. The Bertz CT molecular complexity index is 638. The van der Waals surface area contributed by atoms with Crippen LogP contribution in [0, 0.1) is 5.95 Å². The van der Waals surface area contributed by atoms with Crippen molar-refractivity contribution < 1.29 is 13.9 Å². The third-order valence-corrected chi connectivity index (χ3v) is 4.26. The van der Waals surface area contributed by atoms with Crippen LogP contribution in [0.2, 0.25) is 5.02 Å². The molecule has 0 spiro atoms. The van der Waals surface area contributed by atoms with Gasteiger partial charge in [-0.15, -0.1) is 0 Å². The van der Waals surface area contributed by atoms with E-state index in [1.807, 2.05) is 4.90 Å². The molecule has 1 aromatic rings. The van der Waals surface area contributed by atoms with Gasteiger partial charge in [0.05, 0.1) is 5.69 Å². The number of nitrogens with one attached hydrogen (secondary N) is 1. The lowest BCUT2D eigenvalue weighted by atomic mass is 10.1. The van der Waals surface area contributed by atoms with Crippen LogP contribution in [0.25, 0.3) is 0 Å². The monoisotopic (exact) mass is 372 g/mol. The summed E-state index contributed by atoms with van der Waals surface area (Å²) in [5.74, 6) is -0.371. The standard InChI is InChI=1S/C17H26ClFN4O2/c1-10-8-22(6)9-11(2)23(10)13-7-12(14(18)15(19)21-13)20-16(24)25-17(3,4)5/h7,10-11H,8-9H2,1-6H3,(H,20,21,24)/t10-,11?/m0/s1. The zero-order valence-corrected chi connectivity index (χ0v) is 16.3. The number of aromatic nitrogens is 1. The Morgan fingerprint density at radius 2 is 1.92 bits per heavy atom. The molecule has 2 heterocycles. The average molecular weight is 373 g/mol. The molecule has 0 radical (unpaired) electrons. The summed E-state index contributed by atoms with van der Waals surface area (Å²) in [6.45, 7) is 11.0. The van der Waals surface area contributed by atoms with Crippen molar-refractivity contribution >= 4 is 29.2 Å². The van der Waals surface area contributed by atoms with Crippen LogP contribution in [0.4, 0.5) is 20.7 Å². The van der Waals surface area contributed by atoms with Gasteiger partial charge in [-0.25, -0.2) is 9.78 Å². The highest BCUT2D eigenvalue weighted by atomic mass is 35.5. The minimum absolute atomic E-state index is 0.149. The summed E-state index contributed by atoms with van der Waals surface area (Å²) in [6, 6.07) is 1.89. The largest absolute Gasteiger partial charge is 0.444 e. The highest BCUT2D eigenvalue weighted by Crippen LogP contribution is 2.31. The van der Waals surface area contributed by atoms with Gasteiger partial charge >= 0.3 is 6.09 Å². The van der Waals surface area contributed by atoms with E-state index in [1.165, 1.54) is 0 Å². The molecule has 1 aliphatic heterocycles. The van der Waals surface area contributed by atoms with Crippen LogP contribution < -0.4 is 10.2 Å². The van der Waals surface area contributed by atoms with Crippen LogP contribution in [-0.4, -0.2) is 53.8 Å². The molecule has 1 aliphatic rings. The summed E-state index contributed by atoms with van der Waals surface area (Å²) in [5, 5.41) is 2.28. The fraction of sp³-hybridized carbons (Fsp3) is 0.647. The Hall–Kier alpha value is -1.60. The molecule has 0 bridgehead atoms. The first-order chi connectivity index (χ1) is 11.5. The summed E-state index contributed by atoms with van der Waals surface area (Å²) >= 11 is 5.98. The Labute approximate surface area is 153 Å². The van der Waals surface area contributed by atoms with Gasteiger partial charge in [0.2, 0.25) is 5.95 Å². The highest BCUT2D eigenvalue weighted by molar-refractivity contribution is 6.33. The molecule has 1 saturated heterocycles. The normalized spacial score (nSPS) is 22.0. The van der Waals surface area contributed by atoms with Crippen molar-refractivity contribution in [3.63, 3.8) is 0 Å². The van der Waals surface area contributed by atoms with E-state index in [-0.39, 0.29) is 22.8 Å². The number of nitrogens with zero attached hydrogens (tertiary/aromatic N) is 3. The SMILES string of the molecule is CC1CN(C)C[C@H](C)N1c1cc(NC(=O)OC(C)(C)C)c(Cl)c(F)n1. The minimum Gasteiger partial charge on any atom is -0.444 e. The molecule has 1 aromatic heterocycles. The molecule has 140 valence electrons. The number of likely N-dealkylation sites (N-methyl/N-ethyl adjacent to an activating group) is 1. The Morgan fingerprint density at radius 3 is 2.44 bits per heavy atom. The molecule has 8 heteroatoms. The fourth-order valence-electron chi connectivity index (χ4n) is 3.16. The molecule has 0 aliphatic carbocycles. The number of carbonyl (C=O) groups is 1. The molecule has 2 rings (SSSR count). The maximum atomic E-state index is 14.2. The molecule has 1 fully saturated rings. The maximum Gasteiger partial charge on any atom is 0.412 e. The number of amides is 1. The average Bonchev–Trinajstić information content (AvgIpc) is 2.40. The van der Waals surface area contributed by atoms with E-state index >= 15 is 0 Å². The third kappa shape index (κ3) is 4.95. The molecular weight excluding hydrogens is 347 g/mol. The number of carbonyl (C=O) groups excluding carboxylic acids is 1. The van der Waals surface area contributed by atoms with Gasteiger partial charge in [-0.05, 0) is 41.7 Å². The third-order valence-electron chi connectivity index (χ3n) is 3.91. The number of piperazine rings is 1. The first kappa shape index (κ1) is 19.7. The lowest BCUT2D eigenvalue weighted by Gasteiger charge is -2.44. The van der Waals surface area contributed by atoms with Gasteiger partial charge in [0, 0.05) is 31.2 Å². The zero-order valence-electron chi connectivity index (χ0n) is 15.6. The summed E-state index contributed by atoms with van der Waals surface area (Å²) < 4.78 is 19.4. The molecular formula is C17H26ClFN4O2. The number of rotatable bonds is 2. The first-order valence-corrected chi connectivity index (χ1v) is 8.68. The van der Waals surface area contributed by atoms with E-state index in [4.69, 9.17) is 16.3 Å². The molecule has 6 nitrogen and oxygen atoms in total. The molecule has 0 aromatic carbocycles. The van der Waals surface area contributed by atoms with Gasteiger partial charge in [-0.3, -0.25) is 5.32 Å². The van der Waals surface area contributed by atoms with Crippen molar-refractivity contribution in [1.82, 2.24) is 9.88 Å². The number of hydrogen-bond acceptors (Lipinski definition) is 5. The second kappa shape index (κ2) is 7.33. The van der Waals surface area contributed by atoms with E-state index < -0.39 is 17.6 Å². The summed E-state index contributed by atoms with van der Waals surface area (Å²) in [6.07, 6.45) is -0.689. The second-order valence-electron chi connectivity index (χ2n) is 7.59. The van der Waals surface area contributed by atoms with Crippen molar-refractivity contribution in [3.8, 4) is 0 Å². The van der Waals surface area contributed by atoms with Gasteiger partial charge < -0.3 is 14.5 Å². The summed E-state index contributed by atoms with van der Waals surface area (Å²) in [4.78, 5) is 20.2. The van der Waals surface area contributed by atoms with E-state index in [0.29, 0.717) is 5.82 Å². The minimum atomic E-state index is -0.816. The Morgan fingerprint density at radius 1 is 1.36 bits per heavy atom. The lowest BCUT2D eigenvalue weighted by molar-refractivity contribution is 0.0636. The zero-order chi connectivity index (χ0) is 18.9. The number of ether oxygens (including phenoxy) is 1. The van der Waals surface area contributed by atoms with Gasteiger partial charge in [-0.2, -0.15) is 4.39 Å². The molecule has 2 atom stereocenters. The van der Waals surface area contributed by atoms with Gasteiger partial charge in [0.15, 0.2) is 0 Å². The molecule has 1 unspecified atom stereocenters. The van der Waals surface area contributed by atoms with Crippen LogP contribution in [0.1, 0.15) is 34.6 Å². The number of hydrogen-bond donors (Lipinski definition) is 1. The van der Waals surface area contributed by atoms with Gasteiger partial charge in [-0.1, -0.05) is 11.6 Å². The molecule has 25 heavy (non-hydrogen) atoms. The van der Waals surface area contributed by atoms with E-state index in [1.54, 1.807) is 26.8 Å². The fourth-order valence-corrected chi connectivity index (χ4v) is 3.30. The lowest BCUT2D eigenvalue weighted by Crippen LogP contribution is -2.56. The smallest absolute Gasteiger partial charge is 0.412 e. The van der Waals surface area contributed by atoms with Crippen molar-refractivity contribution in [2.45, 2.75) is 52.3 Å². The van der Waals surface area contributed by atoms with Gasteiger partial charge in [0.25, 0.3) is 0 Å². The van der Waals surface area contributed by atoms with Gasteiger partial charge in [0.1, 0.15) is 16.4 Å². The summed E-state index contributed by atoms with van der Waals surface area (Å²) in [5.41, 5.74) is -0.511. The first-order valence-electron chi connectivity index (χ1n) is 8.31. The topological polar surface area (TPSA) is 57.7 Å². The van der Waals surface area contributed by atoms with Crippen LogP contribution in [-0.2, 0) is 4.74 Å². The van der Waals surface area contributed by atoms with E-state index in [9.17, 15) is 9.18 Å². The Balaban J connectivity index is 2.30. The predicted octanol–water partition coefficient (Wildman–Crippen LogP) is 3.75. The molecule has 1 amide bonds. The van der Waals surface area contributed by atoms with Crippen LogP contribution in [0.3, 0.4) is 0 Å². The quantitative estimate of drug-likeness (QED) is 0.801. The molecule has 0 saturated carbocycles. The van der Waals surface area contributed by atoms with Crippen LogP contribution in [0.15, 0.2) is 6.07 Å². The maximum absolute atomic E-state index is 14.2. The summed E-state index contributed by atoms with van der Waals surface area (Å²) in [7, 11) is 2.05.